The molecular formula is C19H28O2. The Morgan fingerprint density at radius 3 is 3.10 bits per heavy atom. The van der Waals surface area contributed by atoms with Gasteiger partial charge in [0.15, 0.2) is 0 Å². The van der Waals surface area contributed by atoms with Crippen molar-refractivity contribution in [1.82, 2.24) is 0 Å². The van der Waals surface area contributed by atoms with Crippen LogP contribution in [0.15, 0.2) is 23.0 Å². The summed E-state index contributed by atoms with van der Waals surface area (Å²) in [6, 6.07) is 0. The minimum atomic E-state index is -0.793. The molecule has 4 aliphatic carbocycles. The molecule has 0 unspecified atom stereocenters. The summed E-state index contributed by atoms with van der Waals surface area (Å²) in [5.74, 6) is 0.964. The number of rotatable bonds is 1. The average molecular weight is 292 g/mol. The molecule has 0 aliphatic heterocycles. The molecule has 0 aromatic heterocycles. The smallest absolute Gasteiger partial charge is 0.0959 e. The number of allylic oxidation sites excluding steroid dienone is 3. The number of hydrogen-bond donors (Lipinski definition) is 1. The van der Waals surface area contributed by atoms with Crippen LogP contribution in [-0.2, 0) is 4.74 Å². The van der Waals surface area contributed by atoms with Gasteiger partial charge in [-0.05, 0) is 74.1 Å². The van der Waals surface area contributed by atoms with Gasteiger partial charge in [-0.25, -0.2) is 0 Å². The molecule has 0 saturated heterocycles. The van der Waals surface area contributed by atoms with Crippen LogP contribution in [0.1, 0.15) is 61.0 Å². The Bertz CT molecular complexity index is 584. The minimum Gasteiger partial charge on any atom is -0.501 e. The van der Waals surface area contributed by atoms with Gasteiger partial charge >= 0.3 is 0 Å². The van der Waals surface area contributed by atoms with Crippen LogP contribution in [0.5, 0.6) is 0 Å². The van der Waals surface area contributed by atoms with Crippen LogP contribution >= 0.6 is 0 Å². The lowest BCUT2D eigenvalue weighted by molar-refractivity contribution is -0.0312. The largest absolute Gasteiger partial charge is 0.501 e. The molecule has 6 atom stereocenters. The van der Waals surface area contributed by atoms with Crippen LogP contribution in [0.2, 0.25) is 0 Å². The van der Waals surface area contributed by atoms with Crippen LogP contribution in [0, 0.1) is 23.1 Å². The maximum absolute atomic E-state index is 10.5. The molecule has 0 radical (unpaired) electrons. The topological polar surface area (TPSA) is 29.5 Å². The molecule has 0 heterocycles. The van der Waals surface area contributed by atoms with Crippen LogP contribution in [0.3, 0.4) is 0 Å². The lowest BCUT2D eigenvalue weighted by Crippen LogP contribution is -2.45. The first kappa shape index (κ1) is 11.8. The van der Waals surface area contributed by atoms with Crippen LogP contribution in [0.25, 0.3) is 0 Å². The van der Waals surface area contributed by atoms with Crippen LogP contribution in [0.4, 0.5) is 0 Å². The zero-order valence-electron chi connectivity index (χ0n) is 15.2. The van der Waals surface area contributed by atoms with E-state index in [0.29, 0.717) is 12.3 Å². The van der Waals surface area contributed by atoms with Crippen LogP contribution in [-0.4, -0.2) is 18.3 Å². The van der Waals surface area contributed by atoms with E-state index in [-0.39, 0.29) is 5.92 Å². The highest BCUT2D eigenvalue weighted by atomic mass is 16.5. The van der Waals surface area contributed by atoms with Crippen molar-refractivity contribution >= 4 is 0 Å². The molecule has 2 fully saturated rings. The van der Waals surface area contributed by atoms with Gasteiger partial charge in [-0.3, -0.25) is 0 Å². The fourth-order valence-corrected chi connectivity index (χ4v) is 5.37. The number of methoxy groups -OCH3 is 1. The monoisotopic (exact) mass is 292 g/mol. The molecule has 0 spiro atoms. The highest BCUT2D eigenvalue weighted by Gasteiger charge is 2.54. The summed E-state index contributed by atoms with van der Waals surface area (Å²) in [5.41, 5.74) is 2.66. The van der Waals surface area contributed by atoms with E-state index in [1.165, 1.54) is 11.1 Å². The van der Waals surface area contributed by atoms with Crippen molar-refractivity contribution in [2.75, 3.05) is 7.11 Å². The maximum atomic E-state index is 10.5. The van der Waals surface area contributed by atoms with Crippen molar-refractivity contribution in [3.63, 3.8) is 0 Å². The Hall–Kier alpha value is -0.760. The van der Waals surface area contributed by atoms with Gasteiger partial charge in [-0.2, -0.15) is 0 Å². The number of fused-ring (bicyclic) bond motifs is 4. The van der Waals surface area contributed by atoms with Gasteiger partial charge < -0.3 is 9.84 Å². The molecule has 1 N–H and O–H groups in total. The first-order chi connectivity index (χ1) is 10.9. The lowest BCUT2D eigenvalue weighted by Gasteiger charge is -2.51. The molecule has 116 valence electrons. The Balaban J connectivity index is 1.69. The molecule has 2 nitrogen and oxygen atoms in total. The third-order valence-electron chi connectivity index (χ3n) is 6.67. The highest BCUT2D eigenvalue weighted by molar-refractivity contribution is 5.32. The summed E-state index contributed by atoms with van der Waals surface area (Å²) < 4.78 is 23.2. The number of aliphatic hydroxyl groups is 1. The average Bonchev–Trinajstić information content (AvgIpc) is 2.74. The summed E-state index contributed by atoms with van der Waals surface area (Å²) in [4.78, 5) is 0. The minimum absolute atomic E-state index is 0.233. The summed E-state index contributed by atoms with van der Waals surface area (Å²) in [6.45, 7) is 2.07. The van der Waals surface area contributed by atoms with Gasteiger partial charge in [0.2, 0.25) is 0 Å². The summed E-state index contributed by atoms with van der Waals surface area (Å²) in [5, 5.41) is 10.5. The molecule has 4 rings (SSSR count). The first-order valence-corrected chi connectivity index (χ1v) is 8.46. The zero-order valence-corrected chi connectivity index (χ0v) is 13.2. The van der Waals surface area contributed by atoms with Crippen molar-refractivity contribution in [3.05, 3.63) is 23.0 Å². The predicted octanol–water partition coefficient (Wildman–Crippen LogP) is 4.20. The summed E-state index contributed by atoms with van der Waals surface area (Å²) in [7, 11) is 1.75. The van der Waals surface area contributed by atoms with E-state index < -0.39 is 23.8 Å². The molecular weight excluding hydrogens is 260 g/mol. The van der Waals surface area contributed by atoms with Gasteiger partial charge in [-0.1, -0.05) is 18.1 Å². The zero-order chi connectivity index (χ0) is 16.4. The lowest BCUT2D eigenvalue weighted by atomic mass is 9.54. The van der Waals surface area contributed by atoms with E-state index in [1.807, 2.05) is 0 Å². The third kappa shape index (κ3) is 1.94. The van der Waals surface area contributed by atoms with Gasteiger partial charge in [-0.15, -0.1) is 0 Å². The van der Waals surface area contributed by atoms with E-state index >= 15 is 0 Å². The van der Waals surface area contributed by atoms with Crippen molar-refractivity contribution in [1.29, 1.82) is 0 Å². The maximum Gasteiger partial charge on any atom is 0.0959 e. The quantitative estimate of drug-likeness (QED) is 0.734. The fraction of sp³-hybridized carbons (Fsp3) is 0.789. The fourth-order valence-electron chi connectivity index (χ4n) is 5.37. The van der Waals surface area contributed by atoms with E-state index in [1.54, 1.807) is 7.11 Å². The van der Waals surface area contributed by atoms with Gasteiger partial charge in [0.25, 0.3) is 0 Å². The molecule has 2 saturated carbocycles. The SMILES string of the molecule is [3H][C@H]1C[C@H](O)[C@@]2(C)CC[C@@H]3C4=C(CC[C@H]3[C@]12[3H])CC(OC)=CC4. The standard InChI is InChI=1S/C19H28O2/c1-19-10-9-15-14-6-4-13(21-2)11-12(14)3-5-16(15)17(19)7-8-18(19)20/h4,15-18,20H,3,5-11H2,1-2H3/t15-,16-,17+,18+,19+/m1/s1/i7T,17T/t7-,15+,16+,17-,18-,19-/m0. The normalized spacial score (nSPS) is 54.0. The van der Waals surface area contributed by atoms with E-state index in [0.717, 1.165) is 44.3 Å². The van der Waals surface area contributed by atoms with Gasteiger partial charge in [0.05, 0.1) is 19.0 Å². The van der Waals surface area contributed by atoms with Crippen molar-refractivity contribution in [3.8, 4) is 0 Å². The molecule has 2 heteroatoms. The highest BCUT2D eigenvalue weighted by Crippen LogP contribution is 2.61. The molecule has 0 aromatic carbocycles. The third-order valence-corrected chi connectivity index (χ3v) is 6.67. The van der Waals surface area contributed by atoms with E-state index in [2.05, 4.69) is 13.0 Å². The van der Waals surface area contributed by atoms with Crippen molar-refractivity contribution in [2.24, 2.45) is 23.1 Å². The molecule has 0 aromatic rings. The van der Waals surface area contributed by atoms with Crippen LogP contribution < -0.4 is 0 Å². The number of aliphatic hydroxyl groups excluding tert-OH is 1. The van der Waals surface area contributed by atoms with Gasteiger partial charge in [0.1, 0.15) is 0 Å². The number of hydrogen-bond acceptors (Lipinski definition) is 2. The number of ether oxygens (including phenoxy) is 1. The van der Waals surface area contributed by atoms with Crippen molar-refractivity contribution in [2.45, 2.75) is 64.4 Å². The van der Waals surface area contributed by atoms with Gasteiger partial charge in [0, 0.05) is 9.16 Å². The first-order valence-electron chi connectivity index (χ1n) is 9.53. The molecule has 0 bridgehead atoms. The molecule has 0 amide bonds. The van der Waals surface area contributed by atoms with Crippen molar-refractivity contribution < 1.29 is 12.6 Å². The summed E-state index contributed by atoms with van der Waals surface area (Å²) >= 11 is 0. The Kier molecular flexibility index (Phi) is 2.73. The predicted molar refractivity (Wildman–Crippen MR) is 83.6 cm³/mol. The second-order valence-corrected chi connectivity index (χ2v) is 7.50. The second-order valence-electron chi connectivity index (χ2n) is 7.50. The van der Waals surface area contributed by atoms with E-state index in [9.17, 15) is 6.48 Å². The second kappa shape index (κ2) is 4.87. The Morgan fingerprint density at radius 2 is 2.29 bits per heavy atom. The molecule has 21 heavy (non-hydrogen) atoms. The molecule has 4 aliphatic rings. The Labute approximate surface area is 131 Å². The Morgan fingerprint density at radius 1 is 1.43 bits per heavy atom. The van der Waals surface area contributed by atoms with E-state index in [4.69, 9.17) is 6.11 Å². The summed E-state index contributed by atoms with van der Waals surface area (Å²) in [6.07, 6.45) is 7.62.